The summed E-state index contributed by atoms with van der Waals surface area (Å²) < 4.78 is 10.7. The smallest absolute Gasteiger partial charge is 0.341 e. The van der Waals surface area contributed by atoms with Crippen molar-refractivity contribution in [3.8, 4) is 11.5 Å². The Balaban J connectivity index is 2.17. The minimum absolute atomic E-state index is 0.100. The van der Waals surface area contributed by atoms with E-state index < -0.39 is 12.6 Å². The van der Waals surface area contributed by atoms with E-state index in [9.17, 15) is 9.59 Å². The van der Waals surface area contributed by atoms with E-state index in [2.05, 4.69) is 5.32 Å². The van der Waals surface area contributed by atoms with Crippen LogP contribution in [0.2, 0.25) is 0 Å². The molecule has 2 N–H and O–H groups in total. The Morgan fingerprint density at radius 3 is 2.33 bits per heavy atom. The molecule has 0 saturated carbocycles. The van der Waals surface area contributed by atoms with Gasteiger partial charge in [-0.2, -0.15) is 0 Å². The van der Waals surface area contributed by atoms with Crippen molar-refractivity contribution >= 4 is 11.9 Å². The van der Waals surface area contributed by atoms with Crippen molar-refractivity contribution in [3.05, 3.63) is 59.2 Å². The minimum Gasteiger partial charge on any atom is -0.490 e. The summed E-state index contributed by atoms with van der Waals surface area (Å²) in [6, 6.07) is 12.7. The number of nitrogens with one attached hydrogen (secondary N) is 1. The number of carbonyl (C=O) groups excluding carboxylic acids is 1. The van der Waals surface area contributed by atoms with E-state index in [-0.39, 0.29) is 11.9 Å². The first-order chi connectivity index (χ1) is 12.9. The molecule has 144 valence electrons. The third-order valence-corrected chi connectivity index (χ3v) is 4.05. The molecule has 0 bridgehead atoms. The molecule has 0 radical (unpaired) electrons. The fraction of sp³-hybridized carbons (Fsp3) is 0.333. The van der Waals surface area contributed by atoms with Crippen LogP contribution in [0.4, 0.5) is 0 Å². The SMILES string of the molecule is CCOc1cc(C(=O)NC(CC)c2ccc(C)cc2)ccc1OCC(=O)O. The second-order valence-corrected chi connectivity index (χ2v) is 6.12. The van der Waals surface area contributed by atoms with Crippen LogP contribution < -0.4 is 14.8 Å². The molecule has 6 nitrogen and oxygen atoms in total. The van der Waals surface area contributed by atoms with E-state index in [1.807, 2.05) is 38.1 Å². The van der Waals surface area contributed by atoms with Crippen molar-refractivity contribution in [1.29, 1.82) is 0 Å². The second-order valence-electron chi connectivity index (χ2n) is 6.12. The quantitative estimate of drug-likeness (QED) is 0.701. The predicted molar refractivity (Wildman–Crippen MR) is 102 cm³/mol. The molecule has 0 fully saturated rings. The summed E-state index contributed by atoms with van der Waals surface area (Å²) in [7, 11) is 0. The van der Waals surface area contributed by atoms with Crippen molar-refractivity contribution in [2.75, 3.05) is 13.2 Å². The zero-order valence-corrected chi connectivity index (χ0v) is 15.8. The highest BCUT2D eigenvalue weighted by molar-refractivity contribution is 5.95. The van der Waals surface area contributed by atoms with Gasteiger partial charge in [0.25, 0.3) is 5.91 Å². The summed E-state index contributed by atoms with van der Waals surface area (Å²) in [6.07, 6.45) is 0.757. The molecule has 0 aliphatic rings. The Morgan fingerprint density at radius 1 is 1.04 bits per heavy atom. The van der Waals surface area contributed by atoms with E-state index in [0.29, 0.717) is 23.7 Å². The molecular weight excluding hydrogens is 346 g/mol. The molecule has 2 rings (SSSR count). The molecule has 0 heterocycles. The summed E-state index contributed by atoms with van der Waals surface area (Å²) in [6.45, 7) is 5.73. The molecule has 0 aliphatic carbocycles. The van der Waals surface area contributed by atoms with Crippen LogP contribution in [0, 0.1) is 6.92 Å². The number of amides is 1. The van der Waals surface area contributed by atoms with Crippen LogP contribution in [0.1, 0.15) is 47.8 Å². The Hall–Kier alpha value is -3.02. The Bertz CT molecular complexity index is 786. The topological polar surface area (TPSA) is 84.9 Å². The van der Waals surface area contributed by atoms with Gasteiger partial charge in [-0.05, 0) is 44.0 Å². The number of hydrogen-bond donors (Lipinski definition) is 2. The highest BCUT2D eigenvalue weighted by atomic mass is 16.5. The molecule has 0 spiro atoms. The monoisotopic (exact) mass is 371 g/mol. The predicted octanol–water partition coefficient (Wildman–Crippen LogP) is 3.74. The lowest BCUT2D eigenvalue weighted by atomic mass is 10.0. The standard InChI is InChI=1S/C21H25NO5/c1-4-17(15-8-6-14(3)7-9-15)22-21(25)16-10-11-18(27-13-20(23)24)19(12-16)26-5-2/h6-12,17H,4-5,13H2,1-3H3,(H,22,25)(H,23,24). The number of carboxylic acid groups (broad SMARTS) is 1. The normalized spacial score (nSPS) is 11.5. The van der Waals surface area contributed by atoms with Crippen LogP contribution in [-0.2, 0) is 4.79 Å². The maximum Gasteiger partial charge on any atom is 0.341 e. The fourth-order valence-corrected chi connectivity index (χ4v) is 2.64. The fourth-order valence-electron chi connectivity index (χ4n) is 2.64. The third kappa shape index (κ3) is 5.74. The van der Waals surface area contributed by atoms with Crippen LogP contribution in [0.15, 0.2) is 42.5 Å². The number of hydrogen-bond acceptors (Lipinski definition) is 4. The number of rotatable bonds is 9. The first-order valence-electron chi connectivity index (χ1n) is 8.93. The average Bonchev–Trinajstić information content (AvgIpc) is 2.65. The van der Waals surface area contributed by atoms with Gasteiger partial charge < -0.3 is 19.9 Å². The Labute approximate surface area is 159 Å². The van der Waals surface area contributed by atoms with Gasteiger partial charge in [0, 0.05) is 5.56 Å². The molecule has 1 unspecified atom stereocenters. The number of aryl methyl sites for hydroxylation is 1. The van der Waals surface area contributed by atoms with Crippen LogP contribution in [0.5, 0.6) is 11.5 Å². The van der Waals surface area contributed by atoms with E-state index in [1.54, 1.807) is 25.1 Å². The van der Waals surface area contributed by atoms with Crippen LogP contribution in [0.3, 0.4) is 0 Å². The molecule has 0 aliphatic heterocycles. The lowest BCUT2D eigenvalue weighted by Gasteiger charge is -2.18. The van der Waals surface area contributed by atoms with Gasteiger partial charge in [0.1, 0.15) is 0 Å². The van der Waals surface area contributed by atoms with Gasteiger partial charge >= 0.3 is 5.97 Å². The number of aliphatic carboxylic acids is 1. The molecular formula is C21H25NO5. The third-order valence-electron chi connectivity index (χ3n) is 4.05. The zero-order valence-electron chi connectivity index (χ0n) is 15.8. The van der Waals surface area contributed by atoms with Gasteiger partial charge in [-0.25, -0.2) is 4.79 Å². The average molecular weight is 371 g/mol. The minimum atomic E-state index is -1.08. The van der Waals surface area contributed by atoms with Gasteiger partial charge in [0.2, 0.25) is 0 Å². The molecule has 0 aromatic heterocycles. The lowest BCUT2D eigenvalue weighted by molar-refractivity contribution is -0.139. The number of ether oxygens (including phenoxy) is 2. The summed E-state index contributed by atoms with van der Waals surface area (Å²) in [5.74, 6) is -0.674. The van der Waals surface area contributed by atoms with Gasteiger partial charge in [-0.3, -0.25) is 4.79 Å². The van der Waals surface area contributed by atoms with Crippen molar-refractivity contribution in [3.63, 3.8) is 0 Å². The van der Waals surface area contributed by atoms with Crippen LogP contribution >= 0.6 is 0 Å². The first-order valence-corrected chi connectivity index (χ1v) is 8.93. The molecule has 1 amide bonds. The van der Waals surface area contributed by atoms with Gasteiger partial charge in [0.05, 0.1) is 12.6 Å². The number of carboxylic acids is 1. The maximum atomic E-state index is 12.7. The van der Waals surface area contributed by atoms with Crippen molar-refractivity contribution in [1.82, 2.24) is 5.32 Å². The number of benzene rings is 2. The molecule has 27 heavy (non-hydrogen) atoms. The molecule has 0 saturated heterocycles. The van der Waals surface area contributed by atoms with E-state index in [0.717, 1.165) is 12.0 Å². The largest absolute Gasteiger partial charge is 0.490 e. The lowest BCUT2D eigenvalue weighted by Crippen LogP contribution is -2.28. The first kappa shape index (κ1) is 20.3. The van der Waals surface area contributed by atoms with Crippen molar-refractivity contribution in [2.45, 2.75) is 33.2 Å². The van der Waals surface area contributed by atoms with E-state index >= 15 is 0 Å². The second kappa shape index (κ2) is 9.62. The molecule has 2 aromatic rings. The summed E-state index contributed by atoms with van der Waals surface area (Å²) >= 11 is 0. The van der Waals surface area contributed by atoms with Crippen molar-refractivity contribution < 1.29 is 24.2 Å². The van der Waals surface area contributed by atoms with Crippen LogP contribution in [-0.4, -0.2) is 30.2 Å². The molecule has 1 atom stereocenters. The van der Waals surface area contributed by atoms with Gasteiger partial charge in [-0.1, -0.05) is 36.8 Å². The van der Waals surface area contributed by atoms with Crippen molar-refractivity contribution in [2.24, 2.45) is 0 Å². The highest BCUT2D eigenvalue weighted by Crippen LogP contribution is 2.29. The molecule has 2 aromatic carbocycles. The number of carbonyl (C=O) groups is 2. The van der Waals surface area contributed by atoms with E-state index in [4.69, 9.17) is 14.6 Å². The van der Waals surface area contributed by atoms with Gasteiger partial charge in [-0.15, -0.1) is 0 Å². The maximum absolute atomic E-state index is 12.7. The summed E-state index contributed by atoms with van der Waals surface area (Å²) in [4.78, 5) is 23.4. The Morgan fingerprint density at radius 2 is 1.74 bits per heavy atom. The Kier molecular flexibility index (Phi) is 7.23. The zero-order chi connectivity index (χ0) is 19.8. The van der Waals surface area contributed by atoms with Gasteiger partial charge in [0.15, 0.2) is 18.1 Å². The summed E-state index contributed by atoms with van der Waals surface area (Å²) in [5, 5.41) is 11.8. The van der Waals surface area contributed by atoms with Crippen LogP contribution in [0.25, 0.3) is 0 Å². The molecule has 6 heteroatoms. The highest BCUT2D eigenvalue weighted by Gasteiger charge is 2.16. The van der Waals surface area contributed by atoms with E-state index in [1.165, 1.54) is 5.56 Å². The summed E-state index contributed by atoms with van der Waals surface area (Å²) in [5.41, 5.74) is 2.63.